The van der Waals surface area contributed by atoms with Gasteiger partial charge in [0.15, 0.2) is 0 Å². The predicted molar refractivity (Wildman–Crippen MR) is 63.8 cm³/mol. The van der Waals surface area contributed by atoms with Gasteiger partial charge >= 0.3 is 0 Å². The summed E-state index contributed by atoms with van der Waals surface area (Å²) in [5.74, 6) is 1.09. The molecule has 0 atom stereocenters. The second-order valence-corrected chi connectivity index (χ2v) is 4.79. The van der Waals surface area contributed by atoms with Crippen LogP contribution in [-0.2, 0) is 6.42 Å². The van der Waals surface area contributed by atoms with Crippen molar-refractivity contribution in [3.63, 3.8) is 0 Å². The molecular formula is C14H19N. The maximum Gasteiger partial charge on any atom is 0.0994 e. The summed E-state index contributed by atoms with van der Waals surface area (Å²) in [6.45, 7) is 8.70. The Morgan fingerprint density at radius 3 is 2.33 bits per heavy atom. The number of nitriles is 1. The largest absolute Gasteiger partial charge is 0.192 e. The standard InChI is InChI=1S/C14H19N/c1-10(2)7-12-5-6-13(9-15)14(8-12)11(3)4/h5-6,8,10-11H,7H2,1-4H3. The van der Waals surface area contributed by atoms with E-state index in [1.165, 1.54) is 11.1 Å². The van der Waals surface area contributed by atoms with Crippen molar-refractivity contribution in [1.82, 2.24) is 0 Å². The van der Waals surface area contributed by atoms with Crippen molar-refractivity contribution in [1.29, 1.82) is 5.26 Å². The molecule has 0 spiro atoms. The lowest BCUT2D eigenvalue weighted by Crippen LogP contribution is -1.98. The summed E-state index contributed by atoms with van der Waals surface area (Å²) in [6, 6.07) is 8.47. The molecule has 0 heterocycles. The van der Waals surface area contributed by atoms with Crippen LogP contribution in [0.3, 0.4) is 0 Å². The molecule has 0 saturated carbocycles. The monoisotopic (exact) mass is 201 g/mol. The summed E-state index contributed by atoms with van der Waals surface area (Å²) < 4.78 is 0. The Morgan fingerprint density at radius 2 is 1.87 bits per heavy atom. The molecule has 15 heavy (non-hydrogen) atoms. The van der Waals surface area contributed by atoms with E-state index in [4.69, 9.17) is 5.26 Å². The normalized spacial score (nSPS) is 10.7. The highest BCUT2D eigenvalue weighted by Gasteiger charge is 2.08. The van der Waals surface area contributed by atoms with E-state index in [9.17, 15) is 0 Å². The Labute approximate surface area is 92.7 Å². The first-order valence-corrected chi connectivity index (χ1v) is 5.57. The average Bonchev–Trinajstić information content (AvgIpc) is 2.16. The molecule has 1 aromatic carbocycles. The van der Waals surface area contributed by atoms with Crippen molar-refractivity contribution in [3.8, 4) is 6.07 Å². The van der Waals surface area contributed by atoms with E-state index in [0.29, 0.717) is 11.8 Å². The average molecular weight is 201 g/mol. The Balaban J connectivity index is 3.06. The fourth-order valence-electron chi connectivity index (χ4n) is 1.79. The minimum absolute atomic E-state index is 0.423. The van der Waals surface area contributed by atoms with E-state index < -0.39 is 0 Å². The zero-order valence-corrected chi connectivity index (χ0v) is 10.0. The fraction of sp³-hybridized carbons (Fsp3) is 0.500. The van der Waals surface area contributed by atoms with Crippen molar-refractivity contribution >= 4 is 0 Å². The fourth-order valence-corrected chi connectivity index (χ4v) is 1.79. The van der Waals surface area contributed by atoms with Gasteiger partial charge in [-0.2, -0.15) is 5.26 Å². The zero-order chi connectivity index (χ0) is 11.4. The van der Waals surface area contributed by atoms with Gasteiger partial charge in [0, 0.05) is 0 Å². The molecule has 0 aliphatic rings. The van der Waals surface area contributed by atoms with Gasteiger partial charge in [0.1, 0.15) is 0 Å². The van der Waals surface area contributed by atoms with Crippen LogP contribution in [0.15, 0.2) is 18.2 Å². The highest BCUT2D eigenvalue weighted by Crippen LogP contribution is 2.21. The van der Waals surface area contributed by atoms with Gasteiger partial charge in [-0.15, -0.1) is 0 Å². The minimum atomic E-state index is 0.423. The first kappa shape index (κ1) is 11.8. The van der Waals surface area contributed by atoms with Gasteiger partial charge < -0.3 is 0 Å². The first-order valence-electron chi connectivity index (χ1n) is 5.57. The number of hydrogen-bond donors (Lipinski definition) is 0. The van der Waals surface area contributed by atoms with Crippen LogP contribution in [0.4, 0.5) is 0 Å². The molecule has 0 aliphatic heterocycles. The summed E-state index contributed by atoms with van der Waals surface area (Å²) >= 11 is 0. The van der Waals surface area contributed by atoms with Gasteiger partial charge in [-0.05, 0) is 35.4 Å². The first-order chi connectivity index (χ1) is 7.04. The maximum absolute atomic E-state index is 8.99. The molecule has 1 aromatic rings. The quantitative estimate of drug-likeness (QED) is 0.728. The molecule has 1 rings (SSSR count). The third kappa shape index (κ3) is 3.09. The van der Waals surface area contributed by atoms with E-state index in [2.05, 4.69) is 45.9 Å². The van der Waals surface area contributed by atoms with Crippen LogP contribution in [0.2, 0.25) is 0 Å². The Kier molecular flexibility index (Phi) is 3.91. The van der Waals surface area contributed by atoms with E-state index in [-0.39, 0.29) is 0 Å². The van der Waals surface area contributed by atoms with Crippen molar-refractivity contribution in [2.45, 2.75) is 40.0 Å². The molecule has 1 nitrogen and oxygen atoms in total. The maximum atomic E-state index is 8.99. The molecule has 0 radical (unpaired) electrons. The molecule has 0 aliphatic carbocycles. The summed E-state index contributed by atoms with van der Waals surface area (Å²) in [6.07, 6.45) is 1.09. The molecular weight excluding hydrogens is 182 g/mol. The molecule has 0 amide bonds. The molecule has 0 unspecified atom stereocenters. The van der Waals surface area contributed by atoms with Crippen LogP contribution in [-0.4, -0.2) is 0 Å². The third-order valence-corrected chi connectivity index (χ3v) is 2.50. The van der Waals surface area contributed by atoms with Gasteiger partial charge in [0.05, 0.1) is 11.6 Å². The zero-order valence-electron chi connectivity index (χ0n) is 10.0. The van der Waals surface area contributed by atoms with Crippen LogP contribution in [0, 0.1) is 17.2 Å². The van der Waals surface area contributed by atoms with Crippen molar-refractivity contribution < 1.29 is 0 Å². The molecule has 0 fully saturated rings. The van der Waals surface area contributed by atoms with Gasteiger partial charge in [0.2, 0.25) is 0 Å². The van der Waals surface area contributed by atoms with E-state index in [1.807, 2.05) is 6.07 Å². The number of benzene rings is 1. The molecule has 0 N–H and O–H groups in total. The Hall–Kier alpha value is -1.29. The summed E-state index contributed by atoms with van der Waals surface area (Å²) in [4.78, 5) is 0. The minimum Gasteiger partial charge on any atom is -0.192 e. The van der Waals surface area contributed by atoms with E-state index in [1.54, 1.807) is 0 Å². The molecule has 0 bridgehead atoms. The van der Waals surface area contributed by atoms with Crippen LogP contribution in [0.25, 0.3) is 0 Å². The summed E-state index contributed by atoms with van der Waals surface area (Å²) in [5, 5.41) is 8.99. The summed E-state index contributed by atoms with van der Waals surface area (Å²) in [7, 11) is 0. The second-order valence-electron chi connectivity index (χ2n) is 4.79. The van der Waals surface area contributed by atoms with Gasteiger partial charge in [-0.3, -0.25) is 0 Å². The highest BCUT2D eigenvalue weighted by atomic mass is 14.2. The second kappa shape index (κ2) is 4.98. The predicted octanol–water partition coefficient (Wildman–Crippen LogP) is 3.88. The van der Waals surface area contributed by atoms with Crippen LogP contribution in [0.1, 0.15) is 50.3 Å². The third-order valence-electron chi connectivity index (χ3n) is 2.50. The SMILES string of the molecule is CC(C)Cc1ccc(C#N)c(C(C)C)c1. The van der Waals surface area contributed by atoms with Crippen LogP contribution < -0.4 is 0 Å². The van der Waals surface area contributed by atoms with Gasteiger partial charge in [-0.1, -0.05) is 39.8 Å². The molecule has 80 valence electrons. The van der Waals surface area contributed by atoms with Crippen LogP contribution >= 0.6 is 0 Å². The lowest BCUT2D eigenvalue weighted by molar-refractivity contribution is 0.646. The van der Waals surface area contributed by atoms with Crippen molar-refractivity contribution in [2.75, 3.05) is 0 Å². The Bertz CT molecular complexity index is 369. The van der Waals surface area contributed by atoms with Crippen molar-refractivity contribution in [2.24, 2.45) is 5.92 Å². The topological polar surface area (TPSA) is 23.8 Å². The van der Waals surface area contributed by atoms with E-state index >= 15 is 0 Å². The highest BCUT2D eigenvalue weighted by molar-refractivity contribution is 5.42. The lowest BCUT2D eigenvalue weighted by atomic mass is 9.93. The van der Waals surface area contributed by atoms with Crippen molar-refractivity contribution in [3.05, 3.63) is 34.9 Å². The number of nitrogens with zero attached hydrogens (tertiary/aromatic N) is 1. The molecule has 0 aromatic heterocycles. The smallest absolute Gasteiger partial charge is 0.0994 e. The number of hydrogen-bond acceptors (Lipinski definition) is 1. The van der Waals surface area contributed by atoms with Crippen LogP contribution in [0.5, 0.6) is 0 Å². The summed E-state index contributed by atoms with van der Waals surface area (Å²) in [5.41, 5.74) is 3.33. The number of rotatable bonds is 3. The molecule has 0 saturated heterocycles. The van der Waals surface area contributed by atoms with Gasteiger partial charge in [-0.25, -0.2) is 0 Å². The Morgan fingerprint density at radius 1 is 1.20 bits per heavy atom. The van der Waals surface area contributed by atoms with E-state index in [0.717, 1.165) is 12.0 Å². The molecule has 1 heteroatoms. The lowest BCUT2D eigenvalue weighted by Gasteiger charge is -2.11. The van der Waals surface area contributed by atoms with Gasteiger partial charge in [0.25, 0.3) is 0 Å².